The smallest absolute Gasteiger partial charge is 0.235 e. The Labute approximate surface area is 121 Å². The van der Waals surface area contributed by atoms with E-state index in [1.165, 1.54) is 5.56 Å². The summed E-state index contributed by atoms with van der Waals surface area (Å²) in [5, 5.41) is 2.66. The van der Waals surface area contributed by atoms with Gasteiger partial charge < -0.3 is 5.32 Å². The highest BCUT2D eigenvalue weighted by Gasteiger charge is 2.17. The maximum atomic E-state index is 11.7. The molecule has 0 aliphatic rings. The molecule has 0 aliphatic carbocycles. The Morgan fingerprint density at radius 2 is 2.00 bits per heavy atom. The molecule has 5 heteroatoms. The van der Waals surface area contributed by atoms with Gasteiger partial charge in [0.05, 0.1) is 5.75 Å². The molecule has 0 saturated carbocycles. The Morgan fingerprint density at radius 3 is 2.60 bits per heavy atom. The lowest BCUT2D eigenvalue weighted by molar-refractivity contribution is -0.118. The fraction of sp³-hybridized carbons (Fsp3) is 0.533. The van der Waals surface area contributed by atoms with Crippen molar-refractivity contribution in [1.82, 2.24) is 5.32 Å². The molecule has 1 N–H and O–H groups in total. The molecule has 0 fully saturated rings. The molecule has 112 valence electrons. The van der Waals surface area contributed by atoms with Gasteiger partial charge in [0.1, 0.15) is 5.75 Å². The normalized spacial score (nSPS) is 11.6. The van der Waals surface area contributed by atoms with Crippen molar-refractivity contribution in [1.29, 1.82) is 0 Å². The van der Waals surface area contributed by atoms with Crippen molar-refractivity contribution in [2.75, 3.05) is 18.1 Å². The van der Waals surface area contributed by atoms with Gasteiger partial charge in [-0.25, -0.2) is 8.42 Å². The average Bonchev–Trinajstić information content (AvgIpc) is 2.26. The Balaban J connectivity index is 2.37. The van der Waals surface area contributed by atoms with Crippen LogP contribution in [0.25, 0.3) is 0 Å². The van der Waals surface area contributed by atoms with Gasteiger partial charge in [-0.3, -0.25) is 4.79 Å². The summed E-state index contributed by atoms with van der Waals surface area (Å²) in [5.41, 5.74) is 2.31. The Morgan fingerprint density at radius 1 is 1.30 bits per heavy atom. The van der Waals surface area contributed by atoms with Crippen molar-refractivity contribution in [3.05, 3.63) is 35.4 Å². The Bertz CT molecular complexity index is 550. The first-order chi connectivity index (χ1) is 9.28. The van der Waals surface area contributed by atoms with Crippen molar-refractivity contribution in [3.63, 3.8) is 0 Å². The highest BCUT2D eigenvalue weighted by molar-refractivity contribution is 7.92. The first kappa shape index (κ1) is 16.7. The lowest BCUT2D eigenvalue weighted by Gasteiger charge is -2.08. The SMILES string of the molecule is Cc1cccc(CCNC(=O)CS(=O)(=O)CC(C)C)c1. The summed E-state index contributed by atoms with van der Waals surface area (Å²) in [5.74, 6) is -0.740. The summed E-state index contributed by atoms with van der Waals surface area (Å²) < 4.78 is 23.3. The van der Waals surface area contributed by atoms with E-state index in [2.05, 4.69) is 11.4 Å². The molecule has 0 aliphatic heterocycles. The van der Waals surface area contributed by atoms with Crippen LogP contribution in [0.15, 0.2) is 24.3 Å². The number of nitrogens with one attached hydrogen (secondary N) is 1. The minimum Gasteiger partial charge on any atom is -0.355 e. The number of benzene rings is 1. The topological polar surface area (TPSA) is 63.2 Å². The third-order valence-electron chi connectivity index (χ3n) is 2.76. The van der Waals surface area contributed by atoms with Gasteiger partial charge in [0, 0.05) is 6.54 Å². The van der Waals surface area contributed by atoms with Crippen LogP contribution in [0.5, 0.6) is 0 Å². The average molecular weight is 297 g/mol. The van der Waals surface area contributed by atoms with Gasteiger partial charge in [-0.05, 0) is 24.8 Å². The molecule has 0 radical (unpaired) electrons. The molecule has 4 nitrogen and oxygen atoms in total. The monoisotopic (exact) mass is 297 g/mol. The number of carbonyl (C=O) groups excluding carboxylic acids is 1. The molecule has 20 heavy (non-hydrogen) atoms. The first-order valence-electron chi connectivity index (χ1n) is 6.81. The maximum absolute atomic E-state index is 11.7. The summed E-state index contributed by atoms with van der Waals surface area (Å²) >= 11 is 0. The second kappa shape index (κ2) is 7.43. The van der Waals surface area contributed by atoms with Crippen LogP contribution in [-0.2, 0) is 21.1 Å². The highest BCUT2D eigenvalue weighted by Crippen LogP contribution is 2.04. The minimum absolute atomic E-state index is 0.0418. The van der Waals surface area contributed by atoms with Crippen LogP contribution >= 0.6 is 0 Å². The predicted octanol–water partition coefficient (Wildman–Crippen LogP) is 1.72. The minimum atomic E-state index is -3.29. The number of hydrogen-bond acceptors (Lipinski definition) is 3. The van der Waals surface area contributed by atoms with Crippen molar-refractivity contribution >= 4 is 15.7 Å². The van der Waals surface area contributed by atoms with E-state index < -0.39 is 21.5 Å². The number of rotatable bonds is 7. The zero-order valence-electron chi connectivity index (χ0n) is 12.3. The van der Waals surface area contributed by atoms with Gasteiger partial charge in [0.25, 0.3) is 0 Å². The van der Waals surface area contributed by atoms with E-state index in [-0.39, 0.29) is 11.7 Å². The summed E-state index contributed by atoms with van der Waals surface area (Å²) in [4.78, 5) is 11.6. The van der Waals surface area contributed by atoms with E-state index in [1.54, 1.807) is 0 Å². The number of aryl methyl sites for hydroxylation is 1. The fourth-order valence-corrected chi connectivity index (χ4v) is 3.67. The summed E-state index contributed by atoms with van der Waals surface area (Å²) in [7, 11) is -3.29. The quantitative estimate of drug-likeness (QED) is 0.833. The molecule has 1 aromatic rings. The molecule has 0 spiro atoms. The van der Waals surface area contributed by atoms with Gasteiger partial charge in [-0.15, -0.1) is 0 Å². The third-order valence-corrected chi connectivity index (χ3v) is 4.63. The van der Waals surface area contributed by atoms with Crippen LogP contribution in [0.3, 0.4) is 0 Å². The molecule has 0 bridgehead atoms. The predicted molar refractivity (Wildman–Crippen MR) is 81.4 cm³/mol. The second-order valence-electron chi connectivity index (χ2n) is 5.54. The van der Waals surface area contributed by atoms with E-state index in [1.807, 2.05) is 39.0 Å². The van der Waals surface area contributed by atoms with Crippen molar-refractivity contribution in [2.24, 2.45) is 5.92 Å². The van der Waals surface area contributed by atoms with E-state index in [9.17, 15) is 13.2 Å². The molecule has 0 heterocycles. The molecule has 1 amide bonds. The number of hydrogen-bond donors (Lipinski definition) is 1. The van der Waals surface area contributed by atoms with Gasteiger partial charge in [-0.2, -0.15) is 0 Å². The van der Waals surface area contributed by atoms with Crippen LogP contribution in [0.4, 0.5) is 0 Å². The number of sulfone groups is 1. The van der Waals surface area contributed by atoms with E-state index in [0.717, 1.165) is 5.56 Å². The summed E-state index contributed by atoms with van der Waals surface area (Å²) in [6.45, 7) is 6.13. The van der Waals surface area contributed by atoms with Crippen molar-refractivity contribution in [3.8, 4) is 0 Å². The standard InChI is InChI=1S/C15H23NO3S/c1-12(2)10-20(18,19)11-15(17)16-8-7-14-6-4-5-13(3)9-14/h4-6,9,12H,7-8,10-11H2,1-3H3,(H,16,17). The summed E-state index contributed by atoms with van der Waals surface area (Å²) in [6.07, 6.45) is 0.706. The third kappa shape index (κ3) is 6.70. The van der Waals surface area contributed by atoms with Gasteiger partial charge in [0.2, 0.25) is 5.91 Å². The van der Waals surface area contributed by atoms with E-state index in [4.69, 9.17) is 0 Å². The molecular formula is C15H23NO3S. The Hall–Kier alpha value is -1.36. The van der Waals surface area contributed by atoms with Crippen LogP contribution < -0.4 is 5.32 Å². The van der Waals surface area contributed by atoms with Crippen LogP contribution in [-0.4, -0.2) is 32.4 Å². The molecule has 0 unspecified atom stereocenters. The van der Waals surface area contributed by atoms with Crippen LogP contribution in [0.2, 0.25) is 0 Å². The molecule has 1 aromatic carbocycles. The zero-order chi connectivity index (χ0) is 15.2. The number of carbonyl (C=O) groups is 1. The molecular weight excluding hydrogens is 274 g/mol. The molecule has 1 rings (SSSR count). The molecule has 0 saturated heterocycles. The fourth-order valence-electron chi connectivity index (χ4n) is 2.03. The van der Waals surface area contributed by atoms with Crippen molar-refractivity contribution < 1.29 is 13.2 Å². The van der Waals surface area contributed by atoms with E-state index in [0.29, 0.717) is 13.0 Å². The van der Waals surface area contributed by atoms with Crippen LogP contribution in [0.1, 0.15) is 25.0 Å². The molecule has 0 atom stereocenters. The van der Waals surface area contributed by atoms with Crippen LogP contribution in [0, 0.1) is 12.8 Å². The van der Waals surface area contributed by atoms with E-state index >= 15 is 0 Å². The lowest BCUT2D eigenvalue weighted by Crippen LogP contribution is -2.33. The highest BCUT2D eigenvalue weighted by atomic mass is 32.2. The second-order valence-corrected chi connectivity index (χ2v) is 7.65. The Kier molecular flexibility index (Phi) is 6.20. The number of amides is 1. The largest absolute Gasteiger partial charge is 0.355 e. The van der Waals surface area contributed by atoms with Gasteiger partial charge >= 0.3 is 0 Å². The summed E-state index contributed by atoms with van der Waals surface area (Å²) in [6, 6.07) is 8.04. The van der Waals surface area contributed by atoms with Gasteiger partial charge in [-0.1, -0.05) is 43.7 Å². The zero-order valence-corrected chi connectivity index (χ0v) is 13.2. The molecule has 0 aromatic heterocycles. The lowest BCUT2D eigenvalue weighted by atomic mass is 10.1. The maximum Gasteiger partial charge on any atom is 0.235 e. The first-order valence-corrected chi connectivity index (χ1v) is 8.63. The van der Waals surface area contributed by atoms with Gasteiger partial charge in [0.15, 0.2) is 9.84 Å². The van der Waals surface area contributed by atoms with Crippen molar-refractivity contribution in [2.45, 2.75) is 27.2 Å².